The van der Waals surface area contributed by atoms with Gasteiger partial charge in [-0.25, -0.2) is 4.79 Å². The molecule has 3 heterocycles. The first-order valence-electron chi connectivity index (χ1n) is 11.3. The molecule has 10 nitrogen and oxygen atoms in total. The second kappa shape index (κ2) is 9.70. The highest BCUT2D eigenvalue weighted by atomic mass is 16.7. The number of nitrogens with one attached hydrogen (secondary N) is 2. The number of aromatic amines is 1. The van der Waals surface area contributed by atoms with Crippen molar-refractivity contribution >= 4 is 16.8 Å². The lowest BCUT2D eigenvalue weighted by molar-refractivity contribution is 0.0374. The summed E-state index contributed by atoms with van der Waals surface area (Å²) < 4.78 is 17.1. The SMILES string of the molecule is O=C(NCCCN1CCOCC1)c1ccc2c(=O)n(Cc3ccc4c(c3)OCO4)c(=O)[nH]c2c1. The number of rotatable bonds is 7. The van der Waals surface area contributed by atoms with Crippen molar-refractivity contribution in [2.24, 2.45) is 0 Å². The maximum Gasteiger partial charge on any atom is 0.329 e. The van der Waals surface area contributed by atoms with Crippen molar-refractivity contribution < 1.29 is 19.0 Å². The van der Waals surface area contributed by atoms with E-state index in [1.807, 2.05) is 0 Å². The zero-order valence-corrected chi connectivity index (χ0v) is 18.7. The molecule has 1 fully saturated rings. The number of fused-ring (bicyclic) bond motifs is 2. The molecule has 0 unspecified atom stereocenters. The highest BCUT2D eigenvalue weighted by Crippen LogP contribution is 2.32. The Hall–Kier alpha value is -3.63. The molecule has 10 heteroatoms. The Morgan fingerprint density at radius 3 is 2.71 bits per heavy atom. The number of carbonyl (C=O) groups excluding carboxylic acids is 1. The van der Waals surface area contributed by atoms with E-state index < -0.39 is 11.2 Å². The molecule has 2 aliphatic rings. The third-order valence-corrected chi connectivity index (χ3v) is 6.06. The minimum Gasteiger partial charge on any atom is -0.454 e. The van der Waals surface area contributed by atoms with Gasteiger partial charge in [-0.05, 0) is 48.9 Å². The van der Waals surface area contributed by atoms with Gasteiger partial charge in [-0.2, -0.15) is 0 Å². The number of benzene rings is 2. The van der Waals surface area contributed by atoms with E-state index in [0.29, 0.717) is 34.5 Å². The molecule has 0 radical (unpaired) electrons. The Morgan fingerprint density at radius 1 is 1.03 bits per heavy atom. The van der Waals surface area contributed by atoms with Gasteiger partial charge in [-0.15, -0.1) is 0 Å². The van der Waals surface area contributed by atoms with Crippen LogP contribution in [-0.2, 0) is 11.3 Å². The predicted molar refractivity (Wildman–Crippen MR) is 125 cm³/mol. The Balaban J connectivity index is 1.27. The topological polar surface area (TPSA) is 115 Å². The maximum atomic E-state index is 13.0. The predicted octanol–water partition coefficient (Wildman–Crippen LogP) is 0.919. The summed E-state index contributed by atoms with van der Waals surface area (Å²) in [6.45, 7) is 5.01. The van der Waals surface area contributed by atoms with E-state index in [-0.39, 0.29) is 19.2 Å². The fourth-order valence-corrected chi connectivity index (χ4v) is 4.19. The van der Waals surface area contributed by atoms with Crippen molar-refractivity contribution in [2.45, 2.75) is 13.0 Å². The summed E-state index contributed by atoms with van der Waals surface area (Å²) in [5.74, 6) is 0.980. The van der Waals surface area contributed by atoms with Gasteiger partial charge in [0.25, 0.3) is 11.5 Å². The number of ether oxygens (including phenoxy) is 3. The van der Waals surface area contributed by atoms with E-state index in [1.54, 1.807) is 36.4 Å². The smallest absolute Gasteiger partial charge is 0.329 e. The first-order valence-corrected chi connectivity index (χ1v) is 11.3. The summed E-state index contributed by atoms with van der Waals surface area (Å²) in [5.41, 5.74) is 0.497. The number of H-pyrrole nitrogens is 1. The average Bonchev–Trinajstić information content (AvgIpc) is 3.32. The lowest BCUT2D eigenvalue weighted by atomic mass is 10.1. The van der Waals surface area contributed by atoms with Crippen LogP contribution in [0.15, 0.2) is 46.0 Å². The number of hydrogen-bond acceptors (Lipinski definition) is 7. The Bertz CT molecular complexity index is 1330. The summed E-state index contributed by atoms with van der Waals surface area (Å²) in [5, 5.41) is 3.24. The first-order chi connectivity index (χ1) is 16.6. The van der Waals surface area contributed by atoms with Crippen LogP contribution in [-0.4, -0.2) is 66.5 Å². The van der Waals surface area contributed by atoms with Crippen LogP contribution >= 0.6 is 0 Å². The molecule has 34 heavy (non-hydrogen) atoms. The summed E-state index contributed by atoms with van der Waals surface area (Å²) in [6.07, 6.45) is 0.834. The zero-order valence-electron chi connectivity index (χ0n) is 18.7. The summed E-state index contributed by atoms with van der Waals surface area (Å²) in [6, 6.07) is 10.0. The molecule has 0 atom stereocenters. The largest absolute Gasteiger partial charge is 0.454 e. The van der Waals surface area contributed by atoms with Crippen LogP contribution < -0.4 is 26.0 Å². The van der Waals surface area contributed by atoms with Gasteiger partial charge < -0.3 is 24.5 Å². The van der Waals surface area contributed by atoms with Crippen LogP contribution in [0.3, 0.4) is 0 Å². The van der Waals surface area contributed by atoms with E-state index in [4.69, 9.17) is 14.2 Å². The van der Waals surface area contributed by atoms with E-state index in [0.717, 1.165) is 49.4 Å². The van der Waals surface area contributed by atoms with Crippen LogP contribution in [0.4, 0.5) is 0 Å². The van der Waals surface area contributed by atoms with Crippen molar-refractivity contribution in [1.29, 1.82) is 0 Å². The maximum absolute atomic E-state index is 13.0. The summed E-state index contributed by atoms with van der Waals surface area (Å²) >= 11 is 0. The van der Waals surface area contributed by atoms with E-state index >= 15 is 0 Å². The van der Waals surface area contributed by atoms with Gasteiger partial charge in [-0.3, -0.25) is 19.1 Å². The second-order valence-corrected chi connectivity index (χ2v) is 8.33. The first kappa shape index (κ1) is 22.2. The molecule has 0 bridgehead atoms. The summed E-state index contributed by atoms with van der Waals surface area (Å²) in [7, 11) is 0. The molecule has 1 amide bonds. The van der Waals surface area contributed by atoms with Crippen molar-refractivity contribution in [3.05, 3.63) is 68.4 Å². The van der Waals surface area contributed by atoms with Crippen LogP contribution in [0, 0.1) is 0 Å². The van der Waals surface area contributed by atoms with E-state index in [9.17, 15) is 14.4 Å². The molecule has 2 N–H and O–H groups in total. The molecule has 3 aromatic rings. The number of nitrogens with zero attached hydrogens (tertiary/aromatic N) is 2. The standard InChI is InChI=1S/C24H26N4O6/c29-22(25-6-1-7-27-8-10-32-11-9-27)17-3-4-18-19(13-17)26-24(31)28(23(18)30)14-16-2-5-20-21(12-16)34-15-33-20/h2-5,12-13H,1,6-11,14-15H2,(H,25,29)(H,26,31). The van der Waals surface area contributed by atoms with Crippen LogP contribution in [0.2, 0.25) is 0 Å². The highest BCUT2D eigenvalue weighted by Gasteiger charge is 2.16. The van der Waals surface area contributed by atoms with Crippen molar-refractivity contribution in [3.8, 4) is 11.5 Å². The molecular weight excluding hydrogens is 440 g/mol. The van der Waals surface area contributed by atoms with Gasteiger partial charge >= 0.3 is 5.69 Å². The molecule has 178 valence electrons. The van der Waals surface area contributed by atoms with Crippen LogP contribution in [0.1, 0.15) is 22.3 Å². The number of aromatic nitrogens is 2. The Kier molecular flexibility index (Phi) is 6.33. The lowest BCUT2D eigenvalue weighted by Gasteiger charge is -2.26. The fourth-order valence-electron chi connectivity index (χ4n) is 4.19. The molecule has 0 aliphatic carbocycles. The molecular formula is C24H26N4O6. The average molecular weight is 466 g/mol. The number of morpholine rings is 1. The molecule has 2 aromatic carbocycles. The molecule has 5 rings (SSSR count). The number of hydrogen-bond donors (Lipinski definition) is 2. The van der Waals surface area contributed by atoms with Gasteiger partial charge in [0.05, 0.1) is 30.7 Å². The van der Waals surface area contributed by atoms with E-state index in [1.165, 1.54) is 0 Å². The minimum absolute atomic E-state index is 0.0894. The van der Waals surface area contributed by atoms with Crippen molar-refractivity contribution in [3.63, 3.8) is 0 Å². The van der Waals surface area contributed by atoms with Gasteiger partial charge in [0.2, 0.25) is 6.79 Å². The summed E-state index contributed by atoms with van der Waals surface area (Å²) in [4.78, 5) is 43.3. The molecule has 1 saturated heterocycles. The van der Waals surface area contributed by atoms with Crippen molar-refractivity contribution in [2.75, 3.05) is 46.2 Å². The third-order valence-electron chi connectivity index (χ3n) is 6.06. The van der Waals surface area contributed by atoms with Crippen molar-refractivity contribution in [1.82, 2.24) is 19.8 Å². The monoisotopic (exact) mass is 466 g/mol. The Morgan fingerprint density at radius 2 is 1.85 bits per heavy atom. The van der Waals surface area contributed by atoms with Crippen LogP contribution in [0.5, 0.6) is 11.5 Å². The zero-order chi connectivity index (χ0) is 23.5. The fraction of sp³-hybridized carbons (Fsp3) is 0.375. The van der Waals surface area contributed by atoms with Crippen LogP contribution in [0.25, 0.3) is 10.9 Å². The van der Waals surface area contributed by atoms with Gasteiger partial charge in [0.15, 0.2) is 11.5 Å². The molecule has 1 aromatic heterocycles. The molecule has 2 aliphatic heterocycles. The van der Waals surface area contributed by atoms with Gasteiger partial charge in [-0.1, -0.05) is 6.07 Å². The number of amides is 1. The normalized spacial score (nSPS) is 15.5. The quantitative estimate of drug-likeness (QED) is 0.498. The lowest BCUT2D eigenvalue weighted by Crippen LogP contribution is -2.38. The Labute approximate surface area is 195 Å². The van der Waals surface area contributed by atoms with E-state index in [2.05, 4.69) is 15.2 Å². The molecule has 0 saturated carbocycles. The van der Waals surface area contributed by atoms with Gasteiger partial charge in [0.1, 0.15) is 0 Å². The number of carbonyl (C=O) groups is 1. The second-order valence-electron chi connectivity index (χ2n) is 8.33. The minimum atomic E-state index is -0.543. The van der Waals surface area contributed by atoms with Gasteiger partial charge in [0, 0.05) is 25.2 Å². The highest BCUT2D eigenvalue weighted by molar-refractivity contribution is 5.97. The molecule has 0 spiro atoms. The third kappa shape index (κ3) is 4.68.